The van der Waals surface area contributed by atoms with Crippen LogP contribution < -0.4 is 0 Å². The molecule has 2 aliphatic rings. The quantitative estimate of drug-likeness (QED) is 0.872. The average molecular weight is 324 g/mol. The Hall–Kier alpha value is -2.17. The molecule has 2 aromatic rings. The summed E-state index contributed by atoms with van der Waals surface area (Å²) in [7, 11) is 0. The second-order valence-electron chi connectivity index (χ2n) is 6.86. The normalized spacial score (nSPS) is 21.0. The van der Waals surface area contributed by atoms with Gasteiger partial charge in [0.15, 0.2) is 0 Å². The Kier molecular flexibility index (Phi) is 4.08. The predicted molar refractivity (Wildman–Crippen MR) is 91.8 cm³/mol. The molecule has 2 heterocycles. The lowest BCUT2D eigenvalue weighted by molar-refractivity contribution is -0.133. The zero-order valence-electron chi connectivity index (χ0n) is 14.2. The number of piperidine rings is 1. The lowest BCUT2D eigenvalue weighted by Gasteiger charge is -2.33. The molecule has 5 heteroatoms. The minimum atomic E-state index is 0.0667. The van der Waals surface area contributed by atoms with Gasteiger partial charge in [-0.3, -0.25) is 4.79 Å². The molecular formula is C19H24N4O. The van der Waals surface area contributed by atoms with Gasteiger partial charge in [0.2, 0.25) is 5.91 Å². The Morgan fingerprint density at radius 1 is 1.21 bits per heavy atom. The average Bonchev–Trinajstić information content (AvgIpc) is 3.28. The van der Waals surface area contributed by atoms with Crippen LogP contribution in [-0.2, 0) is 17.8 Å². The van der Waals surface area contributed by atoms with Gasteiger partial charge in [0, 0.05) is 25.6 Å². The highest BCUT2D eigenvalue weighted by Gasteiger charge is 2.34. The van der Waals surface area contributed by atoms with Crippen LogP contribution in [0.4, 0.5) is 0 Å². The Morgan fingerprint density at radius 2 is 2.00 bits per heavy atom. The first-order valence-corrected chi connectivity index (χ1v) is 9.02. The molecule has 0 bridgehead atoms. The number of carbonyl (C=O) groups is 1. The molecule has 0 spiro atoms. The number of likely N-dealkylation sites (tertiary alicyclic amines) is 1. The van der Waals surface area contributed by atoms with E-state index in [1.807, 2.05) is 12.4 Å². The molecule has 0 saturated carbocycles. The summed E-state index contributed by atoms with van der Waals surface area (Å²) in [5, 5.41) is 8.34. The van der Waals surface area contributed by atoms with Crippen LogP contribution >= 0.6 is 0 Å². The topological polar surface area (TPSA) is 51.0 Å². The lowest BCUT2D eigenvalue weighted by Crippen LogP contribution is -2.40. The van der Waals surface area contributed by atoms with Crippen LogP contribution in [0.15, 0.2) is 30.6 Å². The molecule has 1 unspecified atom stereocenters. The van der Waals surface area contributed by atoms with E-state index in [9.17, 15) is 4.79 Å². The van der Waals surface area contributed by atoms with Gasteiger partial charge in [-0.05, 0) is 43.7 Å². The van der Waals surface area contributed by atoms with E-state index in [0.29, 0.717) is 11.8 Å². The molecule has 1 amide bonds. The summed E-state index contributed by atoms with van der Waals surface area (Å²) >= 11 is 0. The van der Waals surface area contributed by atoms with Crippen LogP contribution in [0.3, 0.4) is 0 Å². The second-order valence-corrected chi connectivity index (χ2v) is 6.86. The maximum absolute atomic E-state index is 13.0. The molecule has 5 nitrogen and oxygen atoms in total. The highest BCUT2D eigenvalue weighted by molar-refractivity contribution is 5.85. The van der Waals surface area contributed by atoms with Crippen molar-refractivity contribution in [2.24, 2.45) is 0 Å². The van der Waals surface area contributed by atoms with Gasteiger partial charge in [-0.25, -0.2) is 0 Å². The van der Waals surface area contributed by atoms with Gasteiger partial charge in [-0.1, -0.05) is 24.3 Å². The molecule has 24 heavy (non-hydrogen) atoms. The van der Waals surface area contributed by atoms with Gasteiger partial charge in [0.25, 0.3) is 0 Å². The summed E-state index contributed by atoms with van der Waals surface area (Å²) in [6.07, 6.45) is 5.77. The Morgan fingerprint density at radius 3 is 2.79 bits per heavy atom. The molecule has 1 aliphatic heterocycles. The van der Waals surface area contributed by atoms with E-state index in [1.165, 1.54) is 11.1 Å². The molecule has 1 fully saturated rings. The molecule has 1 saturated heterocycles. The number of hydrogen-bond acceptors (Lipinski definition) is 3. The van der Waals surface area contributed by atoms with Crippen molar-refractivity contribution in [1.29, 1.82) is 0 Å². The minimum absolute atomic E-state index is 0.0667. The second kappa shape index (κ2) is 6.38. The van der Waals surface area contributed by atoms with Crippen LogP contribution in [0.2, 0.25) is 0 Å². The van der Waals surface area contributed by atoms with E-state index >= 15 is 0 Å². The summed E-state index contributed by atoms with van der Waals surface area (Å²) in [4.78, 5) is 15.0. The number of benzene rings is 1. The standard InChI is InChI=1S/C19H24N4O/c1-2-22-13-20-21-18(22)15-9-11-23(12-10-15)19(24)17-8-7-14-5-3-4-6-16(14)17/h3-6,13,15,17H,2,7-12H2,1H3. The van der Waals surface area contributed by atoms with E-state index in [4.69, 9.17) is 0 Å². The zero-order chi connectivity index (χ0) is 16.5. The van der Waals surface area contributed by atoms with Crippen LogP contribution in [0.5, 0.6) is 0 Å². The fourth-order valence-corrected chi connectivity index (χ4v) is 4.22. The van der Waals surface area contributed by atoms with Gasteiger partial charge < -0.3 is 9.47 Å². The molecule has 4 rings (SSSR count). The molecule has 1 aliphatic carbocycles. The third-order valence-electron chi connectivity index (χ3n) is 5.59. The molecular weight excluding hydrogens is 300 g/mol. The smallest absolute Gasteiger partial charge is 0.230 e. The highest BCUT2D eigenvalue weighted by Crippen LogP contribution is 2.36. The largest absolute Gasteiger partial charge is 0.342 e. The zero-order valence-corrected chi connectivity index (χ0v) is 14.2. The van der Waals surface area contributed by atoms with Crippen LogP contribution in [-0.4, -0.2) is 38.7 Å². The summed E-state index contributed by atoms with van der Waals surface area (Å²) < 4.78 is 2.12. The maximum atomic E-state index is 13.0. The number of amides is 1. The van der Waals surface area contributed by atoms with Gasteiger partial charge in [-0.15, -0.1) is 10.2 Å². The van der Waals surface area contributed by atoms with E-state index in [1.54, 1.807) is 0 Å². The fourth-order valence-electron chi connectivity index (χ4n) is 4.22. The number of carbonyl (C=O) groups excluding carboxylic acids is 1. The van der Waals surface area contributed by atoms with Crippen LogP contribution in [0, 0.1) is 0 Å². The van der Waals surface area contributed by atoms with Gasteiger partial charge in [0.1, 0.15) is 12.2 Å². The van der Waals surface area contributed by atoms with E-state index in [0.717, 1.165) is 51.1 Å². The summed E-state index contributed by atoms with van der Waals surface area (Å²) in [6.45, 7) is 4.68. The number of hydrogen-bond donors (Lipinski definition) is 0. The van der Waals surface area contributed by atoms with E-state index < -0.39 is 0 Å². The van der Waals surface area contributed by atoms with Gasteiger partial charge >= 0.3 is 0 Å². The van der Waals surface area contributed by atoms with Crippen molar-refractivity contribution in [1.82, 2.24) is 19.7 Å². The molecule has 1 aromatic heterocycles. The maximum Gasteiger partial charge on any atom is 0.230 e. The van der Waals surface area contributed by atoms with Crippen LogP contribution in [0.25, 0.3) is 0 Å². The Balaban J connectivity index is 1.42. The minimum Gasteiger partial charge on any atom is -0.342 e. The van der Waals surface area contributed by atoms with Crippen molar-refractivity contribution in [3.63, 3.8) is 0 Å². The Bertz CT molecular complexity index is 730. The lowest BCUT2D eigenvalue weighted by atomic mass is 9.93. The SMILES string of the molecule is CCn1cnnc1C1CCN(C(=O)C2CCc3ccccc32)CC1. The summed E-state index contributed by atoms with van der Waals surface area (Å²) in [5.41, 5.74) is 2.59. The van der Waals surface area contributed by atoms with Crippen molar-refractivity contribution >= 4 is 5.91 Å². The highest BCUT2D eigenvalue weighted by atomic mass is 16.2. The molecule has 1 atom stereocenters. The van der Waals surface area contributed by atoms with Crippen molar-refractivity contribution in [2.75, 3.05) is 13.1 Å². The third-order valence-corrected chi connectivity index (χ3v) is 5.59. The van der Waals surface area contributed by atoms with E-state index in [-0.39, 0.29) is 5.92 Å². The van der Waals surface area contributed by atoms with Gasteiger partial charge in [0.05, 0.1) is 5.92 Å². The number of aryl methyl sites for hydroxylation is 2. The number of aromatic nitrogens is 3. The van der Waals surface area contributed by atoms with Crippen molar-refractivity contribution in [3.8, 4) is 0 Å². The first kappa shape index (κ1) is 15.4. The van der Waals surface area contributed by atoms with Crippen molar-refractivity contribution < 1.29 is 4.79 Å². The van der Waals surface area contributed by atoms with Crippen LogP contribution in [0.1, 0.15) is 55.0 Å². The van der Waals surface area contributed by atoms with Gasteiger partial charge in [-0.2, -0.15) is 0 Å². The molecule has 1 aromatic carbocycles. The fraction of sp³-hybridized carbons (Fsp3) is 0.526. The third kappa shape index (κ3) is 2.62. The first-order chi connectivity index (χ1) is 11.8. The number of nitrogens with zero attached hydrogens (tertiary/aromatic N) is 4. The predicted octanol–water partition coefficient (Wildman–Crippen LogP) is 2.73. The number of fused-ring (bicyclic) bond motifs is 1. The molecule has 0 N–H and O–H groups in total. The first-order valence-electron chi connectivity index (χ1n) is 9.02. The molecule has 126 valence electrons. The molecule has 0 radical (unpaired) electrons. The number of rotatable bonds is 3. The monoisotopic (exact) mass is 324 g/mol. The van der Waals surface area contributed by atoms with Crippen molar-refractivity contribution in [3.05, 3.63) is 47.5 Å². The van der Waals surface area contributed by atoms with E-state index in [2.05, 4.69) is 44.8 Å². The van der Waals surface area contributed by atoms with Crippen molar-refractivity contribution in [2.45, 2.75) is 51.0 Å². The Labute approximate surface area is 142 Å². The summed E-state index contributed by atoms with van der Waals surface area (Å²) in [5.74, 6) is 1.88. The summed E-state index contributed by atoms with van der Waals surface area (Å²) in [6, 6.07) is 8.41.